The molecule has 1 aromatic heterocycles. The number of H-pyrrole nitrogens is 1. The zero-order valence-electron chi connectivity index (χ0n) is 9.84. The average Bonchev–Trinajstić information content (AvgIpc) is 2.85. The number of hydrazine groups is 1. The smallest absolute Gasteiger partial charge is 0.286 e. The number of aromatic nitrogens is 1. The summed E-state index contributed by atoms with van der Waals surface area (Å²) in [6, 6.07) is 3.76. The highest BCUT2D eigenvalue weighted by Gasteiger charge is 2.14. The first-order valence-corrected chi connectivity index (χ1v) is 5.75. The molecule has 0 saturated heterocycles. The van der Waals surface area contributed by atoms with E-state index in [1.165, 1.54) is 12.3 Å². The molecule has 2 amide bonds. The van der Waals surface area contributed by atoms with E-state index in [0.717, 1.165) is 18.2 Å². The van der Waals surface area contributed by atoms with Crippen molar-refractivity contribution in [3.05, 3.63) is 58.4 Å². The van der Waals surface area contributed by atoms with E-state index in [1.54, 1.807) is 0 Å². The summed E-state index contributed by atoms with van der Waals surface area (Å²) in [6.45, 7) is 0. The van der Waals surface area contributed by atoms with Crippen LogP contribution < -0.4 is 10.9 Å². The Morgan fingerprint density at radius 1 is 1.10 bits per heavy atom. The second-order valence-electron chi connectivity index (χ2n) is 3.76. The quantitative estimate of drug-likeness (QED) is 0.742. The van der Waals surface area contributed by atoms with Gasteiger partial charge in [-0.05, 0) is 24.3 Å². The number of halogens is 3. The van der Waals surface area contributed by atoms with Crippen LogP contribution in [0.15, 0.2) is 30.5 Å². The van der Waals surface area contributed by atoms with Crippen LogP contribution in [0.5, 0.6) is 0 Å². The lowest BCUT2D eigenvalue weighted by Gasteiger charge is -2.07. The molecule has 2 aromatic rings. The van der Waals surface area contributed by atoms with Crippen molar-refractivity contribution in [1.29, 1.82) is 0 Å². The van der Waals surface area contributed by atoms with Gasteiger partial charge in [-0.15, -0.1) is 0 Å². The lowest BCUT2D eigenvalue weighted by atomic mass is 10.2. The second-order valence-corrected chi connectivity index (χ2v) is 4.20. The minimum Gasteiger partial charge on any atom is -0.356 e. The summed E-state index contributed by atoms with van der Waals surface area (Å²) >= 11 is 5.61. The molecule has 20 heavy (non-hydrogen) atoms. The molecule has 104 valence electrons. The standard InChI is InChI=1S/C12H8ClF2N3O2/c13-6-3-10(16-5-6)12(20)18-17-11(19)8-4-7(14)1-2-9(8)15/h1-5,16H,(H,17,19)(H,18,20). The molecule has 8 heteroatoms. The van der Waals surface area contributed by atoms with Crippen LogP contribution in [0, 0.1) is 11.6 Å². The first kappa shape index (κ1) is 14.0. The van der Waals surface area contributed by atoms with Crippen molar-refractivity contribution in [3.8, 4) is 0 Å². The lowest BCUT2D eigenvalue weighted by molar-refractivity contribution is 0.0841. The van der Waals surface area contributed by atoms with E-state index < -0.39 is 29.0 Å². The maximum Gasteiger partial charge on any atom is 0.286 e. The molecule has 0 radical (unpaired) electrons. The number of hydrogen-bond acceptors (Lipinski definition) is 2. The summed E-state index contributed by atoms with van der Waals surface area (Å²) in [5.41, 5.74) is 3.59. The normalized spacial score (nSPS) is 10.2. The van der Waals surface area contributed by atoms with Crippen molar-refractivity contribution in [2.45, 2.75) is 0 Å². The van der Waals surface area contributed by atoms with Crippen molar-refractivity contribution in [1.82, 2.24) is 15.8 Å². The molecule has 0 unspecified atom stereocenters. The fraction of sp³-hybridized carbons (Fsp3) is 0. The van der Waals surface area contributed by atoms with E-state index in [4.69, 9.17) is 11.6 Å². The Hall–Kier alpha value is -2.41. The number of benzene rings is 1. The number of hydrogen-bond donors (Lipinski definition) is 3. The maximum absolute atomic E-state index is 13.3. The van der Waals surface area contributed by atoms with Crippen LogP contribution in [0.4, 0.5) is 8.78 Å². The molecule has 1 aromatic carbocycles. The Morgan fingerprint density at radius 3 is 2.45 bits per heavy atom. The van der Waals surface area contributed by atoms with E-state index >= 15 is 0 Å². The summed E-state index contributed by atoms with van der Waals surface area (Å²) in [5.74, 6) is -3.32. The molecule has 0 saturated carbocycles. The molecule has 0 spiro atoms. The summed E-state index contributed by atoms with van der Waals surface area (Å²) in [5, 5.41) is 0.317. The van der Waals surface area contributed by atoms with Crippen LogP contribution in [-0.2, 0) is 0 Å². The van der Waals surface area contributed by atoms with Gasteiger partial charge in [-0.3, -0.25) is 20.4 Å². The molecule has 2 rings (SSSR count). The topological polar surface area (TPSA) is 74.0 Å². The Bertz CT molecular complexity index is 672. The zero-order chi connectivity index (χ0) is 14.7. The minimum atomic E-state index is -0.979. The predicted molar refractivity (Wildman–Crippen MR) is 67.1 cm³/mol. The summed E-state index contributed by atoms with van der Waals surface area (Å²) in [7, 11) is 0. The monoisotopic (exact) mass is 299 g/mol. The molecule has 0 bridgehead atoms. The molecular weight excluding hydrogens is 292 g/mol. The molecule has 0 aliphatic heterocycles. The number of nitrogens with one attached hydrogen (secondary N) is 3. The second kappa shape index (κ2) is 5.70. The van der Waals surface area contributed by atoms with Crippen LogP contribution in [-0.4, -0.2) is 16.8 Å². The third kappa shape index (κ3) is 3.12. The van der Waals surface area contributed by atoms with Crippen LogP contribution in [0.25, 0.3) is 0 Å². The highest BCUT2D eigenvalue weighted by Crippen LogP contribution is 2.10. The van der Waals surface area contributed by atoms with Crippen LogP contribution >= 0.6 is 11.6 Å². The first-order chi connectivity index (χ1) is 9.47. The lowest BCUT2D eigenvalue weighted by Crippen LogP contribution is -2.42. The summed E-state index contributed by atoms with van der Waals surface area (Å²) < 4.78 is 26.2. The van der Waals surface area contributed by atoms with Crippen molar-refractivity contribution in [3.63, 3.8) is 0 Å². The molecular formula is C12H8ClF2N3O2. The largest absolute Gasteiger partial charge is 0.356 e. The van der Waals surface area contributed by atoms with Gasteiger partial charge in [0.05, 0.1) is 10.6 Å². The third-order valence-corrected chi connectivity index (χ3v) is 2.57. The van der Waals surface area contributed by atoms with E-state index in [0.29, 0.717) is 5.02 Å². The van der Waals surface area contributed by atoms with Gasteiger partial charge in [-0.2, -0.15) is 0 Å². The highest BCUT2D eigenvalue weighted by atomic mass is 35.5. The Labute approximate surface area is 116 Å². The van der Waals surface area contributed by atoms with Crippen LogP contribution in [0.1, 0.15) is 20.8 Å². The summed E-state index contributed by atoms with van der Waals surface area (Å²) in [6.07, 6.45) is 1.38. The first-order valence-electron chi connectivity index (χ1n) is 5.37. The molecule has 3 N–H and O–H groups in total. The van der Waals surface area contributed by atoms with E-state index in [9.17, 15) is 18.4 Å². The van der Waals surface area contributed by atoms with E-state index in [2.05, 4.69) is 4.98 Å². The van der Waals surface area contributed by atoms with Gasteiger partial charge < -0.3 is 4.98 Å². The van der Waals surface area contributed by atoms with Gasteiger partial charge in [0.25, 0.3) is 11.8 Å². The van der Waals surface area contributed by atoms with Crippen molar-refractivity contribution in [2.24, 2.45) is 0 Å². The number of rotatable bonds is 2. The minimum absolute atomic E-state index is 0.106. The highest BCUT2D eigenvalue weighted by molar-refractivity contribution is 6.30. The number of carbonyl (C=O) groups is 2. The van der Waals surface area contributed by atoms with Crippen LogP contribution in [0.2, 0.25) is 5.02 Å². The predicted octanol–water partition coefficient (Wildman–Crippen LogP) is 2.02. The van der Waals surface area contributed by atoms with E-state index in [1.807, 2.05) is 10.9 Å². The number of carbonyl (C=O) groups excluding carboxylic acids is 2. The summed E-state index contributed by atoms with van der Waals surface area (Å²) in [4.78, 5) is 25.7. The SMILES string of the molecule is O=C(NNC(=O)c1cc(F)ccc1F)c1cc(Cl)c[nH]1. The Balaban J connectivity index is 2.02. The average molecular weight is 300 g/mol. The Kier molecular flexibility index (Phi) is 3.99. The molecule has 0 atom stereocenters. The molecule has 0 aliphatic rings. The zero-order valence-corrected chi connectivity index (χ0v) is 10.6. The van der Waals surface area contributed by atoms with Gasteiger partial charge in [0.15, 0.2) is 0 Å². The van der Waals surface area contributed by atoms with Crippen molar-refractivity contribution >= 4 is 23.4 Å². The fourth-order valence-electron chi connectivity index (χ4n) is 1.42. The molecule has 0 aliphatic carbocycles. The van der Waals surface area contributed by atoms with Crippen LogP contribution in [0.3, 0.4) is 0 Å². The molecule has 1 heterocycles. The van der Waals surface area contributed by atoms with Gasteiger partial charge in [-0.25, -0.2) is 8.78 Å². The Morgan fingerprint density at radius 2 is 1.80 bits per heavy atom. The number of aromatic amines is 1. The number of amides is 2. The maximum atomic E-state index is 13.3. The van der Waals surface area contributed by atoms with Gasteiger partial charge in [-0.1, -0.05) is 11.6 Å². The van der Waals surface area contributed by atoms with Crippen molar-refractivity contribution in [2.75, 3.05) is 0 Å². The van der Waals surface area contributed by atoms with Gasteiger partial charge >= 0.3 is 0 Å². The van der Waals surface area contributed by atoms with Gasteiger partial charge in [0.2, 0.25) is 0 Å². The fourth-order valence-corrected chi connectivity index (χ4v) is 1.58. The molecule has 5 nitrogen and oxygen atoms in total. The van der Waals surface area contributed by atoms with Gasteiger partial charge in [0.1, 0.15) is 17.3 Å². The van der Waals surface area contributed by atoms with E-state index in [-0.39, 0.29) is 5.69 Å². The van der Waals surface area contributed by atoms with Crippen molar-refractivity contribution < 1.29 is 18.4 Å². The van der Waals surface area contributed by atoms with Gasteiger partial charge in [0, 0.05) is 6.20 Å². The third-order valence-electron chi connectivity index (χ3n) is 2.36. The molecule has 0 fully saturated rings.